The van der Waals surface area contributed by atoms with Gasteiger partial charge < -0.3 is 21.7 Å². The number of carbonyl (C=O) groups is 1. The van der Waals surface area contributed by atoms with Crippen LogP contribution in [0.2, 0.25) is 0 Å². The SMILES string of the molecule is CCOC(=O)C[n+]1c(C)cc(-c2ccccc2)cc1C.[Br-]. The molecule has 0 aliphatic heterocycles. The summed E-state index contributed by atoms with van der Waals surface area (Å²) in [5.41, 5.74) is 4.46. The number of halogens is 1. The molecular weight excluding hydrogens is 330 g/mol. The average Bonchev–Trinajstić information content (AvgIpc) is 2.44. The zero-order valence-corrected chi connectivity index (χ0v) is 14.2. The van der Waals surface area contributed by atoms with Crippen LogP contribution in [0, 0.1) is 13.8 Å². The van der Waals surface area contributed by atoms with Gasteiger partial charge in [0, 0.05) is 26.0 Å². The third kappa shape index (κ3) is 4.39. The fourth-order valence-electron chi connectivity index (χ4n) is 2.31. The highest BCUT2D eigenvalue weighted by molar-refractivity contribution is 5.68. The minimum absolute atomic E-state index is 0. The number of nitrogens with zero attached hydrogens (tertiary/aromatic N) is 1. The largest absolute Gasteiger partial charge is 1.00 e. The number of aromatic nitrogens is 1. The van der Waals surface area contributed by atoms with Crippen LogP contribution in [-0.2, 0) is 16.1 Å². The van der Waals surface area contributed by atoms with Gasteiger partial charge in [0.25, 0.3) is 0 Å². The standard InChI is InChI=1S/C17H20NO2.BrH/c1-4-20-17(19)12-18-13(2)10-16(11-14(18)3)15-8-6-5-7-9-15;/h5-11H,4,12H2,1-3H3;1H/q+1;/p-1. The lowest BCUT2D eigenvalue weighted by Crippen LogP contribution is -3.00. The van der Waals surface area contributed by atoms with Gasteiger partial charge in [0.1, 0.15) is 0 Å². The number of carbonyl (C=O) groups excluding carboxylic acids is 1. The predicted octanol–water partition coefficient (Wildman–Crippen LogP) is -0.175. The molecule has 0 N–H and O–H groups in total. The molecule has 0 fully saturated rings. The van der Waals surface area contributed by atoms with Gasteiger partial charge in [0.2, 0.25) is 6.54 Å². The highest BCUT2D eigenvalue weighted by Gasteiger charge is 2.18. The molecular formula is C17H20BrNO2. The van der Waals surface area contributed by atoms with Gasteiger partial charge in [-0.2, -0.15) is 4.57 Å². The van der Waals surface area contributed by atoms with E-state index in [0.29, 0.717) is 6.61 Å². The number of esters is 1. The Morgan fingerprint density at radius 2 is 1.62 bits per heavy atom. The number of ether oxygens (including phenoxy) is 1. The van der Waals surface area contributed by atoms with E-state index >= 15 is 0 Å². The van der Waals surface area contributed by atoms with Crippen molar-refractivity contribution >= 4 is 5.97 Å². The smallest absolute Gasteiger partial charge is 0.372 e. The molecule has 0 amide bonds. The molecule has 1 aromatic carbocycles. The van der Waals surface area contributed by atoms with Crippen molar-refractivity contribution in [2.45, 2.75) is 27.3 Å². The van der Waals surface area contributed by atoms with Crippen molar-refractivity contribution < 1.29 is 31.1 Å². The molecule has 0 spiro atoms. The lowest BCUT2D eigenvalue weighted by atomic mass is 10.0. The monoisotopic (exact) mass is 349 g/mol. The summed E-state index contributed by atoms with van der Waals surface area (Å²) < 4.78 is 6.99. The number of hydrogen-bond donors (Lipinski definition) is 0. The summed E-state index contributed by atoms with van der Waals surface area (Å²) in [4.78, 5) is 11.6. The van der Waals surface area contributed by atoms with Crippen LogP contribution in [0.4, 0.5) is 0 Å². The fourth-order valence-corrected chi connectivity index (χ4v) is 2.31. The summed E-state index contributed by atoms with van der Waals surface area (Å²) in [5.74, 6) is -0.198. The Morgan fingerprint density at radius 1 is 1.05 bits per heavy atom. The molecule has 4 heteroatoms. The van der Waals surface area contributed by atoms with Crippen LogP contribution in [0.25, 0.3) is 11.1 Å². The van der Waals surface area contributed by atoms with Crippen LogP contribution in [0.15, 0.2) is 42.5 Å². The summed E-state index contributed by atoms with van der Waals surface area (Å²) in [7, 11) is 0. The molecule has 0 saturated carbocycles. The summed E-state index contributed by atoms with van der Waals surface area (Å²) in [6.07, 6.45) is 0. The number of rotatable bonds is 4. The lowest BCUT2D eigenvalue weighted by molar-refractivity contribution is -0.697. The normalized spacial score (nSPS) is 9.86. The molecule has 2 rings (SSSR count). The van der Waals surface area contributed by atoms with Gasteiger partial charge in [0.15, 0.2) is 11.4 Å². The van der Waals surface area contributed by atoms with Gasteiger partial charge in [-0.15, -0.1) is 0 Å². The average molecular weight is 350 g/mol. The van der Waals surface area contributed by atoms with Crippen molar-refractivity contribution in [1.29, 1.82) is 0 Å². The quantitative estimate of drug-likeness (QED) is 0.566. The maximum absolute atomic E-state index is 11.6. The van der Waals surface area contributed by atoms with Crippen LogP contribution in [-0.4, -0.2) is 12.6 Å². The topological polar surface area (TPSA) is 30.2 Å². The molecule has 0 aliphatic rings. The third-order valence-electron chi connectivity index (χ3n) is 3.28. The molecule has 1 aromatic heterocycles. The van der Waals surface area contributed by atoms with E-state index in [1.165, 1.54) is 11.1 Å². The van der Waals surface area contributed by atoms with Gasteiger partial charge in [-0.3, -0.25) is 0 Å². The van der Waals surface area contributed by atoms with E-state index in [9.17, 15) is 4.79 Å². The van der Waals surface area contributed by atoms with Crippen molar-refractivity contribution in [3.05, 3.63) is 53.9 Å². The highest BCUT2D eigenvalue weighted by Crippen LogP contribution is 2.19. The van der Waals surface area contributed by atoms with Crippen LogP contribution < -0.4 is 21.5 Å². The first-order valence-electron chi connectivity index (χ1n) is 6.84. The molecule has 0 aliphatic carbocycles. The van der Waals surface area contributed by atoms with E-state index in [4.69, 9.17) is 4.74 Å². The van der Waals surface area contributed by atoms with E-state index in [0.717, 1.165) is 11.4 Å². The van der Waals surface area contributed by atoms with E-state index in [1.807, 2.05) is 43.5 Å². The highest BCUT2D eigenvalue weighted by atomic mass is 79.9. The second-order valence-electron chi connectivity index (χ2n) is 4.78. The molecule has 2 aromatic rings. The first-order chi connectivity index (χ1) is 9.61. The summed E-state index contributed by atoms with van der Waals surface area (Å²) >= 11 is 0. The zero-order chi connectivity index (χ0) is 14.5. The molecule has 3 nitrogen and oxygen atoms in total. The number of hydrogen-bond acceptors (Lipinski definition) is 2. The summed E-state index contributed by atoms with van der Waals surface area (Å²) in [5, 5.41) is 0. The Kier molecular flexibility index (Phi) is 6.56. The lowest BCUT2D eigenvalue weighted by Gasteiger charge is -2.07. The van der Waals surface area contributed by atoms with Gasteiger partial charge in [0.05, 0.1) is 6.61 Å². The van der Waals surface area contributed by atoms with E-state index in [-0.39, 0.29) is 29.5 Å². The van der Waals surface area contributed by atoms with E-state index in [1.54, 1.807) is 0 Å². The maximum atomic E-state index is 11.6. The first-order valence-corrected chi connectivity index (χ1v) is 6.84. The van der Waals surface area contributed by atoms with E-state index < -0.39 is 0 Å². The number of benzene rings is 1. The molecule has 0 bridgehead atoms. The Labute approximate surface area is 136 Å². The summed E-state index contributed by atoms with van der Waals surface area (Å²) in [6.45, 7) is 6.53. The molecule has 0 unspecified atom stereocenters. The Hall–Kier alpha value is -1.68. The maximum Gasteiger partial charge on any atom is 0.372 e. The second kappa shape index (κ2) is 7.93. The van der Waals surface area contributed by atoms with Gasteiger partial charge in [-0.25, -0.2) is 4.79 Å². The van der Waals surface area contributed by atoms with Crippen LogP contribution in [0.5, 0.6) is 0 Å². The molecule has 0 radical (unpaired) electrons. The minimum atomic E-state index is -0.198. The van der Waals surface area contributed by atoms with Crippen LogP contribution in [0.3, 0.4) is 0 Å². The zero-order valence-electron chi connectivity index (χ0n) is 12.6. The van der Waals surface area contributed by atoms with Gasteiger partial charge in [-0.05, 0) is 18.1 Å². The predicted molar refractivity (Wildman–Crippen MR) is 78.2 cm³/mol. The van der Waals surface area contributed by atoms with Crippen LogP contribution in [0.1, 0.15) is 18.3 Å². The Morgan fingerprint density at radius 3 is 2.14 bits per heavy atom. The Balaban J connectivity index is 0.00000220. The molecule has 21 heavy (non-hydrogen) atoms. The van der Waals surface area contributed by atoms with Crippen molar-refractivity contribution in [3.63, 3.8) is 0 Å². The molecule has 112 valence electrons. The van der Waals surface area contributed by atoms with E-state index in [2.05, 4.69) is 24.3 Å². The first kappa shape index (κ1) is 17.4. The minimum Gasteiger partial charge on any atom is -1.00 e. The molecule has 0 saturated heterocycles. The third-order valence-corrected chi connectivity index (χ3v) is 3.28. The fraction of sp³-hybridized carbons (Fsp3) is 0.294. The van der Waals surface area contributed by atoms with Crippen molar-refractivity contribution in [2.24, 2.45) is 0 Å². The molecule has 1 heterocycles. The van der Waals surface area contributed by atoms with Gasteiger partial charge >= 0.3 is 5.97 Å². The second-order valence-corrected chi connectivity index (χ2v) is 4.78. The number of pyridine rings is 1. The van der Waals surface area contributed by atoms with Crippen molar-refractivity contribution in [3.8, 4) is 11.1 Å². The Bertz CT molecular complexity index is 588. The summed E-state index contributed by atoms with van der Waals surface area (Å²) in [6, 6.07) is 14.4. The van der Waals surface area contributed by atoms with Crippen molar-refractivity contribution in [1.82, 2.24) is 0 Å². The van der Waals surface area contributed by atoms with Crippen molar-refractivity contribution in [2.75, 3.05) is 6.61 Å². The van der Waals surface area contributed by atoms with Crippen LogP contribution >= 0.6 is 0 Å². The van der Waals surface area contributed by atoms with Gasteiger partial charge in [-0.1, -0.05) is 30.3 Å². The molecule has 0 atom stereocenters. The number of aryl methyl sites for hydroxylation is 2.